The maximum Gasteiger partial charge on any atom is 0.300 e. The smallest absolute Gasteiger partial charge is 0.300 e. The number of hydrogen-bond acceptors (Lipinski definition) is 5. The number of hydrogen-bond donors (Lipinski definition) is 2. The van der Waals surface area contributed by atoms with E-state index in [9.17, 15) is 18.4 Å². The quantitative estimate of drug-likeness (QED) is 0.484. The van der Waals surface area contributed by atoms with E-state index in [0.29, 0.717) is 11.5 Å². The zero-order valence-corrected chi connectivity index (χ0v) is 16.7. The monoisotopic (exact) mass is 436 g/mol. The average molecular weight is 436 g/mol. The number of aromatic nitrogens is 2. The highest BCUT2D eigenvalue weighted by molar-refractivity contribution is 6.05. The molecule has 0 saturated heterocycles. The fraction of sp³-hybridized carbons (Fsp3) is 0.0870. The van der Waals surface area contributed by atoms with Gasteiger partial charge in [-0.2, -0.15) is 0 Å². The van der Waals surface area contributed by atoms with E-state index in [1.165, 1.54) is 12.3 Å². The third-order valence-electron chi connectivity index (χ3n) is 4.82. The van der Waals surface area contributed by atoms with Gasteiger partial charge >= 0.3 is 0 Å². The summed E-state index contributed by atoms with van der Waals surface area (Å²) in [6.07, 6.45) is 1.47. The predicted molar refractivity (Wildman–Crippen MR) is 115 cm³/mol. The highest BCUT2D eigenvalue weighted by Gasteiger charge is 2.22. The van der Waals surface area contributed by atoms with Crippen molar-refractivity contribution in [3.8, 4) is 0 Å². The second kappa shape index (κ2) is 8.84. The number of rotatable bonds is 6. The van der Waals surface area contributed by atoms with Crippen molar-refractivity contribution < 1.29 is 18.4 Å². The van der Waals surface area contributed by atoms with Crippen LogP contribution in [0.2, 0.25) is 0 Å². The normalized spacial score (nSPS) is 10.8. The second-order valence-corrected chi connectivity index (χ2v) is 6.94. The number of carbonyl (C=O) groups excluding carboxylic acids is 1. The molecule has 0 unspecified atom stereocenters. The molecule has 7 nitrogen and oxygen atoms in total. The van der Waals surface area contributed by atoms with Gasteiger partial charge in [0.15, 0.2) is 5.65 Å². The van der Waals surface area contributed by atoms with Gasteiger partial charge in [0.2, 0.25) is 0 Å². The number of nitrogen functional groups attached to an aromatic ring is 1. The fourth-order valence-electron chi connectivity index (χ4n) is 3.20. The number of benzene rings is 2. The van der Waals surface area contributed by atoms with Crippen molar-refractivity contribution in [1.82, 2.24) is 15.0 Å². The first kappa shape index (κ1) is 21.0. The molecule has 2 aromatic carbocycles. The molecule has 2 heterocycles. The van der Waals surface area contributed by atoms with Crippen LogP contribution in [-0.2, 0) is 13.2 Å². The average Bonchev–Trinajstić information content (AvgIpc) is 2.79. The lowest BCUT2D eigenvalue weighted by Crippen LogP contribution is -2.37. The molecular weight excluding hydrogens is 418 g/mol. The number of amides is 1. The van der Waals surface area contributed by atoms with Gasteiger partial charge in [0.05, 0.1) is 5.69 Å². The van der Waals surface area contributed by atoms with Gasteiger partial charge in [0.25, 0.3) is 11.5 Å². The summed E-state index contributed by atoms with van der Waals surface area (Å²) in [5, 5.41) is 2.80. The molecule has 9 heteroatoms. The van der Waals surface area contributed by atoms with Crippen molar-refractivity contribution in [3.05, 3.63) is 106 Å². The highest BCUT2D eigenvalue weighted by Crippen LogP contribution is 2.20. The Kier molecular flexibility index (Phi) is 5.80. The molecule has 0 aliphatic heterocycles. The van der Waals surface area contributed by atoms with Crippen LogP contribution in [0.4, 0.5) is 14.5 Å². The van der Waals surface area contributed by atoms with Crippen molar-refractivity contribution in [1.29, 1.82) is 0 Å². The number of nitrogens with one attached hydrogen (secondary N) is 1. The molecule has 0 atom stereocenters. The Morgan fingerprint density at radius 3 is 2.62 bits per heavy atom. The molecule has 0 aliphatic carbocycles. The van der Waals surface area contributed by atoms with Crippen molar-refractivity contribution in [2.24, 2.45) is 0 Å². The largest absolute Gasteiger partial charge is 0.404 e. The summed E-state index contributed by atoms with van der Waals surface area (Å²) in [6, 6.07) is 15.4. The minimum Gasteiger partial charge on any atom is -0.404 e. The maximum atomic E-state index is 13.9. The summed E-state index contributed by atoms with van der Waals surface area (Å²) in [7, 11) is 0. The predicted octanol–water partition coefficient (Wildman–Crippen LogP) is 2.82. The van der Waals surface area contributed by atoms with Gasteiger partial charge in [-0.25, -0.2) is 13.8 Å². The Bertz CT molecular complexity index is 1360. The summed E-state index contributed by atoms with van der Waals surface area (Å²) in [6.45, 7) is -0.210. The Morgan fingerprint density at radius 1 is 1.09 bits per heavy atom. The van der Waals surface area contributed by atoms with Gasteiger partial charge in [0.1, 0.15) is 23.8 Å². The van der Waals surface area contributed by atoms with E-state index in [-0.39, 0.29) is 35.6 Å². The SMILES string of the molecule is Nc1c(C(=O)NCc2ccc(F)cc2F)c(=O)n(OCc2ccccc2)c2ncccc12. The van der Waals surface area contributed by atoms with Crippen molar-refractivity contribution in [2.45, 2.75) is 13.2 Å². The molecule has 0 saturated carbocycles. The van der Waals surface area contributed by atoms with E-state index in [4.69, 9.17) is 10.6 Å². The summed E-state index contributed by atoms with van der Waals surface area (Å²) in [5.41, 5.74) is 5.90. The van der Waals surface area contributed by atoms with E-state index in [2.05, 4.69) is 10.3 Å². The Morgan fingerprint density at radius 2 is 1.88 bits per heavy atom. The molecule has 0 radical (unpaired) electrons. The van der Waals surface area contributed by atoms with Crippen LogP contribution >= 0.6 is 0 Å². The molecule has 162 valence electrons. The summed E-state index contributed by atoms with van der Waals surface area (Å²) < 4.78 is 27.9. The number of nitrogens with two attached hydrogens (primary N) is 1. The van der Waals surface area contributed by atoms with E-state index < -0.39 is 23.1 Å². The second-order valence-electron chi connectivity index (χ2n) is 6.94. The van der Waals surface area contributed by atoms with E-state index in [0.717, 1.165) is 16.4 Å². The third kappa shape index (κ3) is 4.13. The van der Waals surface area contributed by atoms with Crippen molar-refractivity contribution in [3.63, 3.8) is 0 Å². The number of carbonyl (C=O) groups is 1. The summed E-state index contributed by atoms with van der Waals surface area (Å²) in [4.78, 5) is 35.8. The molecule has 0 bridgehead atoms. The van der Waals surface area contributed by atoms with Gasteiger partial charge in [0, 0.05) is 29.8 Å². The standard InChI is InChI=1S/C23H18F2N4O3/c24-16-9-8-15(18(25)11-16)12-28-22(30)19-20(26)17-7-4-10-27-21(17)29(23(19)31)32-13-14-5-2-1-3-6-14/h1-11H,12-13,26H2,(H,28,30). The van der Waals surface area contributed by atoms with Gasteiger partial charge in [-0.3, -0.25) is 9.59 Å². The van der Waals surface area contributed by atoms with Crippen LogP contribution in [0.15, 0.2) is 71.7 Å². The molecule has 0 fully saturated rings. The number of anilines is 1. The van der Waals surface area contributed by atoms with Gasteiger partial charge < -0.3 is 15.9 Å². The van der Waals surface area contributed by atoms with E-state index in [1.807, 2.05) is 30.3 Å². The summed E-state index contributed by atoms with van der Waals surface area (Å²) in [5.74, 6) is -2.37. The summed E-state index contributed by atoms with van der Waals surface area (Å²) >= 11 is 0. The molecule has 1 amide bonds. The van der Waals surface area contributed by atoms with Crippen LogP contribution in [-0.4, -0.2) is 15.6 Å². The lowest BCUT2D eigenvalue weighted by atomic mass is 10.1. The topological polar surface area (TPSA) is 99.2 Å². The van der Waals surface area contributed by atoms with Crippen LogP contribution in [0.25, 0.3) is 11.0 Å². The molecule has 3 N–H and O–H groups in total. The first-order chi connectivity index (χ1) is 15.5. The number of nitrogens with zero attached hydrogens (tertiary/aromatic N) is 2. The minimum absolute atomic E-state index is 0.0538. The first-order valence-electron chi connectivity index (χ1n) is 9.64. The highest BCUT2D eigenvalue weighted by atomic mass is 19.1. The van der Waals surface area contributed by atoms with Gasteiger partial charge in [-0.05, 0) is 23.8 Å². The van der Waals surface area contributed by atoms with E-state index in [1.54, 1.807) is 12.1 Å². The molecule has 4 aromatic rings. The maximum absolute atomic E-state index is 13.9. The van der Waals surface area contributed by atoms with Crippen LogP contribution in [0, 0.1) is 11.6 Å². The molecule has 0 spiro atoms. The molecule has 2 aromatic heterocycles. The third-order valence-corrected chi connectivity index (χ3v) is 4.82. The minimum atomic E-state index is -0.820. The Balaban J connectivity index is 1.69. The van der Waals surface area contributed by atoms with Crippen LogP contribution in [0.1, 0.15) is 21.5 Å². The zero-order valence-electron chi connectivity index (χ0n) is 16.7. The molecule has 4 rings (SSSR count). The van der Waals surface area contributed by atoms with Gasteiger partial charge in [-0.15, -0.1) is 4.73 Å². The molecule has 32 heavy (non-hydrogen) atoms. The number of fused-ring (bicyclic) bond motifs is 1. The Hall–Kier alpha value is -4.27. The zero-order chi connectivity index (χ0) is 22.7. The molecule has 0 aliphatic rings. The van der Waals surface area contributed by atoms with E-state index >= 15 is 0 Å². The van der Waals surface area contributed by atoms with Gasteiger partial charge in [-0.1, -0.05) is 36.4 Å². The van der Waals surface area contributed by atoms with Crippen LogP contribution in [0.3, 0.4) is 0 Å². The lowest BCUT2D eigenvalue weighted by Gasteiger charge is -2.15. The van der Waals surface area contributed by atoms with Crippen molar-refractivity contribution >= 4 is 22.6 Å². The first-order valence-corrected chi connectivity index (χ1v) is 9.64. The van der Waals surface area contributed by atoms with Crippen LogP contribution < -0.4 is 21.4 Å². The van der Waals surface area contributed by atoms with Crippen molar-refractivity contribution in [2.75, 3.05) is 5.73 Å². The van der Waals surface area contributed by atoms with Crippen LogP contribution in [0.5, 0.6) is 0 Å². The number of pyridine rings is 2. The number of halogens is 2. The molecular formula is C23H18F2N4O3. The lowest BCUT2D eigenvalue weighted by molar-refractivity contribution is 0.0898. The Labute approximate surface area is 181 Å². The fourth-order valence-corrected chi connectivity index (χ4v) is 3.20.